The number of nitrogens with zero attached hydrogens (tertiary/aromatic N) is 2. The number of carboxylic acids is 1. The van der Waals surface area contributed by atoms with Gasteiger partial charge in [-0.15, -0.1) is 5.10 Å². The molecule has 0 bridgehead atoms. The van der Waals surface area contributed by atoms with Crippen molar-refractivity contribution >= 4 is 29.9 Å². The number of hydrogen-bond acceptors (Lipinski definition) is 4. The molecule has 0 amide bonds. The molecule has 0 aliphatic heterocycles. The average molecular weight is 261 g/mol. The van der Waals surface area contributed by atoms with E-state index < -0.39 is 5.97 Å². The minimum absolute atomic E-state index is 0.0420. The van der Waals surface area contributed by atoms with Crippen molar-refractivity contribution < 1.29 is 9.90 Å². The molecule has 0 saturated heterocycles. The highest BCUT2D eigenvalue weighted by Gasteiger charge is 2.04. The summed E-state index contributed by atoms with van der Waals surface area (Å²) in [5.41, 5.74) is 1.06. The number of benzene rings is 1. The van der Waals surface area contributed by atoms with Gasteiger partial charge in [0.2, 0.25) is 5.16 Å². The molecule has 6 heteroatoms. The molecule has 0 unspecified atom stereocenters. The van der Waals surface area contributed by atoms with Crippen molar-refractivity contribution in [2.24, 2.45) is 0 Å². The van der Waals surface area contributed by atoms with Crippen LogP contribution in [-0.2, 0) is 4.79 Å². The number of H-pyrrole nitrogens is 1. The highest BCUT2D eigenvalue weighted by atomic mass is 32.2. The second-order valence-electron chi connectivity index (χ2n) is 3.43. The minimum atomic E-state index is -0.883. The number of nitrogens with one attached hydrogen (secondary N) is 1. The summed E-state index contributed by atoms with van der Waals surface area (Å²) in [6, 6.07) is 9.81. The lowest BCUT2D eigenvalue weighted by Gasteiger charge is -1.89. The maximum Gasteiger partial charge on any atom is 0.313 e. The van der Waals surface area contributed by atoms with Crippen molar-refractivity contribution in [2.45, 2.75) is 5.16 Å². The van der Waals surface area contributed by atoms with Gasteiger partial charge >= 0.3 is 5.97 Å². The summed E-state index contributed by atoms with van der Waals surface area (Å²) in [5, 5.41) is 15.6. The molecule has 5 nitrogen and oxygen atoms in total. The van der Waals surface area contributed by atoms with Crippen LogP contribution in [0.4, 0.5) is 0 Å². The van der Waals surface area contributed by atoms with Gasteiger partial charge in [-0.05, 0) is 11.6 Å². The highest BCUT2D eigenvalue weighted by Crippen LogP contribution is 2.12. The number of aromatic amines is 1. The van der Waals surface area contributed by atoms with Crippen molar-refractivity contribution in [3.8, 4) is 0 Å². The smallest absolute Gasteiger partial charge is 0.313 e. The van der Waals surface area contributed by atoms with Crippen LogP contribution >= 0.6 is 11.8 Å². The minimum Gasteiger partial charge on any atom is -0.481 e. The number of aromatic nitrogens is 3. The third-order valence-corrected chi connectivity index (χ3v) is 2.87. The second kappa shape index (κ2) is 6.02. The fourth-order valence-corrected chi connectivity index (χ4v) is 1.79. The molecule has 0 spiro atoms. The van der Waals surface area contributed by atoms with E-state index in [1.807, 2.05) is 36.4 Å². The first-order chi connectivity index (χ1) is 8.74. The van der Waals surface area contributed by atoms with Crippen LogP contribution in [0, 0.1) is 0 Å². The maximum absolute atomic E-state index is 10.4. The maximum atomic E-state index is 10.4. The molecule has 0 aliphatic rings. The van der Waals surface area contributed by atoms with Crippen LogP contribution < -0.4 is 0 Å². The molecule has 18 heavy (non-hydrogen) atoms. The molecule has 1 aromatic carbocycles. The predicted octanol–water partition coefficient (Wildman–Crippen LogP) is 2.15. The highest BCUT2D eigenvalue weighted by molar-refractivity contribution is 7.99. The van der Waals surface area contributed by atoms with Crippen molar-refractivity contribution in [3.63, 3.8) is 0 Å². The Balaban J connectivity index is 1.98. The van der Waals surface area contributed by atoms with Crippen LogP contribution in [0.25, 0.3) is 12.2 Å². The van der Waals surface area contributed by atoms with E-state index in [0.29, 0.717) is 11.0 Å². The van der Waals surface area contributed by atoms with E-state index in [-0.39, 0.29) is 5.75 Å². The van der Waals surface area contributed by atoms with E-state index >= 15 is 0 Å². The average Bonchev–Trinajstić information content (AvgIpc) is 2.83. The molecule has 2 aromatic rings. The van der Waals surface area contributed by atoms with E-state index in [0.717, 1.165) is 17.3 Å². The van der Waals surface area contributed by atoms with Crippen molar-refractivity contribution in [1.82, 2.24) is 15.2 Å². The van der Waals surface area contributed by atoms with Gasteiger partial charge in [0.15, 0.2) is 0 Å². The molecule has 1 heterocycles. The van der Waals surface area contributed by atoms with Gasteiger partial charge in [0, 0.05) is 0 Å². The van der Waals surface area contributed by atoms with Gasteiger partial charge in [-0.1, -0.05) is 48.2 Å². The third kappa shape index (κ3) is 3.74. The monoisotopic (exact) mass is 261 g/mol. The Kier molecular flexibility index (Phi) is 4.14. The van der Waals surface area contributed by atoms with Gasteiger partial charge < -0.3 is 5.11 Å². The molecule has 0 fully saturated rings. The summed E-state index contributed by atoms with van der Waals surface area (Å²) in [4.78, 5) is 14.5. The Morgan fingerprint density at radius 3 is 2.83 bits per heavy atom. The standard InChI is InChI=1S/C12H11N3O2S/c16-11(17)8-18-12-13-10(14-15-12)7-6-9-4-2-1-3-5-9/h1-7H,8H2,(H,16,17)(H,13,14,15)/b7-6+. The van der Waals surface area contributed by atoms with Crippen LogP contribution in [0.15, 0.2) is 35.5 Å². The lowest BCUT2D eigenvalue weighted by molar-refractivity contribution is -0.133. The van der Waals surface area contributed by atoms with Crippen LogP contribution in [0.2, 0.25) is 0 Å². The molecular formula is C12H11N3O2S. The number of hydrogen-bond donors (Lipinski definition) is 2. The zero-order chi connectivity index (χ0) is 12.8. The van der Waals surface area contributed by atoms with Crippen molar-refractivity contribution in [3.05, 3.63) is 41.7 Å². The Morgan fingerprint density at radius 2 is 2.11 bits per heavy atom. The summed E-state index contributed by atoms with van der Waals surface area (Å²) in [6.07, 6.45) is 3.71. The number of carbonyl (C=O) groups is 1. The Labute approximate surface area is 108 Å². The SMILES string of the molecule is O=C(O)CSc1n[nH]c(/C=C/c2ccccc2)n1. The van der Waals surface area contributed by atoms with E-state index in [4.69, 9.17) is 5.11 Å². The topological polar surface area (TPSA) is 78.9 Å². The summed E-state index contributed by atoms with van der Waals surface area (Å²) >= 11 is 1.08. The molecule has 0 radical (unpaired) electrons. The molecule has 0 atom stereocenters. The largest absolute Gasteiger partial charge is 0.481 e. The molecule has 0 aliphatic carbocycles. The zero-order valence-corrected chi connectivity index (χ0v) is 10.2. The Morgan fingerprint density at radius 1 is 1.33 bits per heavy atom. The van der Waals surface area contributed by atoms with Crippen LogP contribution in [0.3, 0.4) is 0 Å². The van der Waals surface area contributed by atoms with Crippen LogP contribution in [-0.4, -0.2) is 32.0 Å². The van der Waals surface area contributed by atoms with E-state index in [1.54, 1.807) is 6.08 Å². The number of rotatable bonds is 5. The number of thioether (sulfide) groups is 1. The van der Waals surface area contributed by atoms with Crippen molar-refractivity contribution in [2.75, 3.05) is 5.75 Å². The van der Waals surface area contributed by atoms with Crippen molar-refractivity contribution in [1.29, 1.82) is 0 Å². The number of carboxylic acid groups (broad SMARTS) is 1. The summed E-state index contributed by atoms with van der Waals surface area (Å²) in [7, 11) is 0. The number of aliphatic carboxylic acids is 1. The van der Waals surface area contributed by atoms with E-state index in [1.165, 1.54) is 0 Å². The second-order valence-corrected chi connectivity index (χ2v) is 4.37. The van der Waals surface area contributed by atoms with Gasteiger partial charge in [-0.25, -0.2) is 4.98 Å². The molecule has 0 saturated carbocycles. The normalized spacial score (nSPS) is 10.9. The van der Waals surface area contributed by atoms with Crippen LogP contribution in [0.1, 0.15) is 11.4 Å². The van der Waals surface area contributed by atoms with Gasteiger partial charge in [-0.2, -0.15) is 0 Å². The van der Waals surface area contributed by atoms with Gasteiger partial charge in [0.1, 0.15) is 5.82 Å². The van der Waals surface area contributed by atoms with Crippen LogP contribution in [0.5, 0.6) is 0 Å². The molecule has 2 N–H and O–H groups in total. The first-order valence-electron chi connectivity index (χ1n) is 5.24. The summed E-state index contributed by atoms with van der Waals surface area (Å²) in [6.45, 7) is 0. The fraction of sp³-hybridized carbons (Fsp3) is 0.0833. The van der Waals surface area contributed by atoms with E-state index in [9.17, 15) is 4.79 Å². The van der Waals surface area contributed by atoms with Gasteiger partial charge in [0.05, 0.1) is 5.75 Å². The quantitative estimate of drug-likeness (QED) is 0.806. The molecule has 1 aromatic heterocycles. The molecule has 92 valence electrons. The summed E-state index contributed by atoms with van der Waals surface area (Å²) in [5.74, 6) is -0.322. The van der Waals surface area contributed by atoms with E-state index in [2.05, 4.69) is 15.2 Å². The zero-order valence-electron chi connectivity index (χ0n) is 9.41. The summed E-state index contributed by atoms with van der Waals surface area (Å²) < 4.78 is 0. The predicted molar refractivity (Wildman–Crippen MR) is 70.1 cm³/mol. The Bertz CT molecular complexity index is 551. The first kappa shape index (κ1) is 12.4. The first-order valence-corrected chi connectivity index (χ1v) is 6.23. The van der Waals surface area contributed by atoms with Gasteiger partial charge in [0.25, 0.3) is 0 Å². The molecular weight excluding hydrogens is 250 g/mol. The third-order valence-electron chi connectivity index (χ3n) is 2.04. The fourth-order valence-electron chi connectivity index (χ4n) is 1.26. The Hall–Kier alpha value is -2.08. The van der Waals surface area contributed by atoms with Gasteiger partial charge in [-0.3, -0.25) is 9.89 Å². The molecule has 2 rings (SSSR count). The lowest BCUT2D eigenvalue weighted by atomic mass is 10.2. The lowest BCUT2D eigenvalue weighted by Crippen LogP contribution is -1.97.